The van der Waals surface area contributed by atoms with E-state index >= 15 is 0 Å². The summed E-state index contributed by atoms with van der Waals surface area (Å²) in [6.45, 7) is 5.65. The van der Waals surface area contributed by atoms with E-state index in [0.717, 1.165) is 5.56 Å². The molecule has 0 aliphatic carbocycles. The monoisotopic (exact) mass is 300 g/mol. The minimum absolute atomic E-state index is 0.0244. The molecular formula is C14H20O5S. The van der Waals surface area contributed by atoms with Gasteiger partial charge in [0.2, 0.25) is 0 Å². The molecule has 0 saturated carbocycles. The number of benzene rings is 1. The summed E-state index contributed by atoms with van der Waals surface area (Å²) in [6, 6.07) is 6.50. The molecule has 1 atom stereocenters. The molecule has 1 unspecified atom stereocenters. The quantitative estimate of drug-likeness (QED) is 0.398. The third-order valence-electron chi connectivity index (χ3n) is 2.61. The fourth-order valence-corrected chi connectivity index (χ4v) is 2.39. The Balaban J connectivity index is 2.51. The normalized spacial score (nSPS) is 13.1. The van der Waals surface area contributed by atoms with Gasteiger partial charge in [0.1, 0.15) is 6.79 Å². The molecule has 0 N–H and O–H groups in total. The van der Waals surface area contributed by atoms with Gasteiger partial charge in [0.25, 0.3) is 10.1 Å². The zero-order valence-electron chi connectivity index (χ0n) is 11.7. The van der Waals surface area contributed by atoms with Crippen molar-refractivity contribution in [2.24, 2.45) is 0 Å². The minimum Gasteiger partial charge on any atom is -0.359 e. The Hall–Kier alpha value is -1.21. The predicted molar refractivity (Wildman–Crippen MR) is 75.9 cm³/mol. The minimum atomic E-state index is -3.72. The molecule has 0 bridgehead atoms. The van der Waals surface area contributed by atoms with Gasteiger partial charge in [-0.3, -0.25) is 4.18 Å². The van der Waals surface area contributed by atoms with Crippen molar-refractivity contribution in [3.63, 3.8) is 0 Å². The summed E-state index contributed by atoms with van der Waals surface area (Å²) in [5.74, 6) is 0. The lowest BCUT2D eigenvalue weighted by atomic mass is 10.2. The summed E-state index contributed by atoms with van der Waals surface area (Å²) in [5, 5.41) is 0. The van der Waals surface area contributed by atoms with Crippen LogP contribution in [-0.2, 0) is 23.8 Å². The number of hydrogen-bond donors (Lipinski definition) is 0. The molecule has 1 aromatic carbocycles. The molecule has 0 saturated heterocycles. The molecule has 0 aliphatic heterocycles. The van der Waals surface area contributed by atoms with E-state index in [1.54, 1.807) is 18.2 Å². The fraction of sp³-hybridized carbons (Fsp3) is 0.429. The van der Waals surface area contributed by atoms with E-state index in [4.69, 9.17) is 13.7 Å². The van der Waals surface area contributed by atoms with E-state index in [0.29, 0.717) is 6.42 Å². The highest BCUT2D eigenvalue weighted by Gasteiger charge is 2.15. The first kappa shape index (κ1) is 16.8. The lowest BCUT2D eigenvalue weighted by Crippen LogP contribution is -2.16. The second kappa shape index (κ2) is 8.16. The smallest absolute Gasteiger partial charge is 0.296 e. The highest BCUT2D eigenvalue weighted by Crippen LogP contribution is 2.14. The Morgan fingerprint density at radius 1 is 1.30 bits per heavy atom. The van der Waals surface area contributed by atoms with E-state index < -0.39 is 10.1 Å². The molecule has 0 aromatic heterocycles. The van der Waals surface area contributed by atoms with Crippen molar-refractivity contribution in [1.29, 1.82) is 0 Å². The molecule has 1 rings (SSSR count). The second-order valence-electron chi connectivity index (χ2n) is 4.23. The number of rotatable bonds is 9. The average molecular weight is 300 g/mol. The molecule has 0 amide bonds. The predicted octanol–water partition coefficient (Wildman–Crippen LogP) is 2.27. The van der Waals surface area contributed by atoms with Gasteiger partial charge in [0.15, 0.2) is 0 Å². The van der Waals surface area contributed by atoms with Crippen molar-refractivity contribution < 1.29 is 22.1 Å². The van der Waals surface area contributed by atoms with E-state index in [9.17, 15) is 8.42 Å². The maximum absolute atomic E-state index is 11.9. The van der Waals surface area contributed by atoms with E-state index in [-0.39, 0.29) is 24.4 Å². The van der Waals surface area contributed by atoms with Crippen LogP contribution in [0.3, 0.4) is 0 Å². The van der Waals surface area contributed by atoms with E-state index in [1.165, 1.54) is 19.2 Å². The van der Waals surface area contributed by atoms with Crippen LogP contribution >= 0.6 is 0 Å². The van der Waals surface area contributed by atoms with Gasteiger partial charge in [0.05, 0.1) is 17.6 Å². The first-order valence-electron chi connectivity index (χ1n) is 6.19. The van der Waals surface area contributed by atoms with Crippen LogP contribution < -0.4 is 0 Å². The van der Waals surface area contributed by atoms with Crippen molar-refractivity contribution in [3.05, 3.63) is 42.5 Å². The highest BCUT2D eigenvalue weighted by molar-refractivity contribution is 7.86. The highest BCUT2D eigenvalue weighted by atomic mass is 32.2. The van der Waals surface area contributed by atoms with Gasteiger partial charge in [-0.2, -0.15) is 8.42 Å². The maximum Gasteiger partial charge on any atom is 0.296 e. The van der Waals surface area contributed by atoms with Crippen LogP contribution in [0.15, 0.2) is 41.8 Å². The molecule has 1 aromatic rings. The Labute approximate surface area is 120 Å². The summed E-state index contributed by atoms with van der Waals surface area (Å²) in [4.78, 5) is 0.149. The van der Waals surface area contributed by atoms with Crippen molar-refractivity contribution >= 4 is 10.1 Å². The van der Waals surface area contributed by atoms with Gasteiger partial charge < -0.3 is 9.47 Å². The summed E-state index contributed by atoms with van der Waals surface area (Å²) >= 11 is 0. The van der Waals surface area contributed by atoms with Crippen LogP contribution in [0.25, 0.3) is 0 Å². The third kappa shape index (κ3) is 5.42. The molecule has 112 valence electrons. The van der Waals surface area contributed by atoms with Gasteiger partial charge in [-0.1, -0.05) is 23.8 Å². The van der Waals surface area contributed by atoms with Crippen LogP contribution in [0.4, 0.5) is 0 Å². The van der Waals surface area contributed by atoms with Crippen molar-refractivity contribution in [2.75, 3.05) is 20.5 Å². The lowest BCUT2D eigenvalue weighted by molar-refractivity contribution is -0.0597. The summed E-state index contributed by atoms with van der Waals surface area (Å²) in [7, 11) is -2.21. The number of methoxy groups -OCH3 is 1. The topological polar surface area (TPSA) is 61.8 Å². The first-order chi connectivity index (χ1) is 9.49. The molecule has 5 nitrogen and oxygen atoms in total. The standard InChI is InChI=1S/C14H20O5S/c1-4-13(18-11-17-3)9-10-19-20(15,16)14-7-5-12(2)6-8-14/h4-8,13H,1,9-11H2,2-3H3. The zero-order valence-corrected chi connectivity index (χ0v) is 12.6. The van der Waals surface area contributed by atoms with Crippen molar-refractivity contribution in [3.8, 4) is 0 Å². The van der Waals surface area contributed by atoms with Gasteiger partial charge >= 0.3 is 0 Å². The maximum atomic E-state index is 11.9. The van der Waals surface area contributed by atoms with Gasteiger partial charge in [-0.25, -0.2) is 0 Å². The van der Waals surface area contributed by atoms with Crippen molar-refractivity contribution in [1.82, 2.24) is 0 Å². The van der Waals surface area contributed by atoms with Gasteiger partial charge in [0, 0.05) is 13.5 Å². The SMILES string of the molecule is C=CC(CCOS(=O)(=O)c1ccc(C)cc1)OCOC. The third-order valence-corrected chi connectivity index (χ3v) is 3.94. The number of aryl methyl sites for hydroxylation is 1. The molecule has 6 heteroatoms. The Bertz CT molecular complexity index is 507. The first-order valence-corrected chi connectivity index (χ1v) is 7.59. The summed E-state index contributed by atoms with van der Waals surface area (Å²) in [6.07, 6.45) is 1.67. The van der Waals surface area contributed by atoms with Crippen LogP contribution in [0.2, 0.25) is 0 Å². The Morgan fingerprint density at radius 2 is 1.95 bits per heavy atom. The van der Waals surface area contributed by atoms with Crippen LogP contribution in [0, 0.1) is 6.92 Å². The van der Waals surface area contributed by atoms with Crippen LogP contribution in [-0.4, -0.2) is 35.0 Å². The molecule has 0 spiro atoms. The number of ether oxygens (including phenoxy) is 2. The molecule has 0 radical (unpaired) electrons. The molecule has 20 heavy (non-hydrogen) atoms. The lowest BCUT2D eigenvalue weighted by Gasteiger charge is -2.13. The molecule has 0 heterocycles. The van der Waals surface area contributed by atoms with Crippen LogP contribution in [0.5, 0.6) is 0 Å². The second-order valence-corrected chi connectivity index (χ2v) is 5.84. The van der Waals surface area contributed by atoms with Crippen LogP contribution in [0.1, 0.15) is 12.0 Å². The number of hydrogen-bond acceptors (Lipinski definition) is 5. The Kier molecular flexibility index (Phi) is 6.87. The zero-order chi connectivity index (χ0) is 15.0. The van der Waals surface area contributed by atoms with E-state index in [2.05, 4.69) is 6.58 Å². The molecular weight excluding hydrogens is 280 g/mol. The summed E-state index contributed by atoms with van der Waals surface area (Å²) in [5.41, 5.74) is 0.989. The van der Waals surface area contributed by atoms with Gasteiger partial charge in [-0.05, 0) is 19.1 Å². The fourth-order valence-electron chi connectivity index (χ4n) is 1.47. The Morgan fingerprint density at radius 3 is 2.50 bits per heavy atom. The average Bonchev–Trinajstić information content (AvgIpc) is 2.43. The van der Waals surface area contributed by atoms with E-state index in [1.807, 2.05) is 6.92 Å². The molecule has 0 aliphatic rings. The van der Waals surface area contributed by atoms with Crippen molar-refractivity contribution in [2.45, 2.75) is 24.3 Å². The molecule has 0 fully saturated rings. The largest absolute Gasteiger partial charge is 0.359 e. The summed E-state index contributed by atoms with van der Waals surface area (Å²) < 4.78 is 38.8. The van der Waals surface area contributed by atoms with Gasteiger partial charge in [-0.15, -0.1) is 6.58 Å².